The third-order valence-corrected chi connectivity index (χ3v) is 3.56. The van der Waals surface area contributed by atoms with Gasteiger partial charge in [0.1, 0.15) is 0 Å². The first kappa shape index (κ1) is 12.2. The number of thioether (sulfide) groups is 1. The normalized spacial score (nSPS) is 12.6. The summed E-state index contributed by atoms with van der Waals surface area (Å²) < 4.78 is 1.78. The number of aryl methyl sites for hydroxylation is 1. The van der Waals surface area contributed by atoms with Crippen LogP contribution in [-0.2, 0) is 7.05 Å². The van der Waals surface area contributed by atoms with Crippen LogP contribution in [0.25, 0.3) is 0 Å². The SMILES string of the molecule is Cn1ccc(C(CSc2ccccc2)NN)n1. The van der Waals surface area contributed by atoms with E-state index in [2.05, 4.69) is 22.7 Å². The molecular formula is C12H16N4S. The van der Waals surface area contributed by atoms with E-state index < -0.39 is 0 Å². The molecule has 0 amide bonds. The Balaban J connectivity index is 1.97. The molecule has 0 aliphatic carbocycles. The van der Waals surface area contributed by atoms with Crippen molar-refractivity contribution in [3.05, 3.63) is 48.3 Å². The summed E-state index contributed by atoms with van der Waals surface area (Å²) in [6.07, 6.45) is 1.92. The molecule has 0 fully saturated rings. The lowest BCUT2D eigenvalue weighted by molar-refractivity contribution is 0.581. The van der Waals surface area contributed by atoms with Gasteiger partial charge in [-0.3, -0.25) is 16.0 Å². The molecule has 5 heteroatoms. The zero-order valence-corrected chi connectivity index (χ0v) is 10.5. The number of hydrogen-bond donors (Lipinski definition) is 2. The molecule has 0 radical (unpaired) electrons. The van der Waals surface area contributed by atoms with Crippen LogP contribution >= 0.6 is 11.8 Å². The van der Waals surface area contributed by atoms with Crippen molar-refractivity contribution >= 4 is 11.8 Å². The largest absolute Gasteiger partial charge is 0.275 e. The Morgan fingerprint density at radius 3 is 2.71 bits per heavy atom. The lowest BCUT2D eigenvalue weighted by Crippen LogP contribution is -2.30. The second-order valence-electron chi connectivity index (χ2n) is 3.76. The van der Waals surface area contributed by atoms with Crippen molar-refractivity contribution < 1.29 is 0 Å². The molecule has 0 saturated carbocycles. The summed E-state index contributed by atoms with van der Waals surface area (Å²) in [5.74, 6) is 6.42. The van der Waals surface area contributed by atoms with Gasteiger partial charge >= 0.3 is 0 Å². The molecule has 0 aliphatic rings. The lowest BCUT2D eigenvalue weighted by atomic mass is 10.2. The molecule has 0 aliphatic heterocycles. The van der Waals surface area contributed by atoms with E-state index in [0.717, 1.165) is 11.4 Å². The molecule has 0 saturated heterocycles. The highest BCUT2D eigenvalue weighted by molar-refractivity contribution is 7.99. The molecule has 1 aromatic carbocycles. The highest BCUT2D eigenvalue weighted by Gasteiger charge is 2.12. The maximum atomic E-state index is 5.57. The molecule has 2 rings (SSSR count). The quantitative estimate of drug-likeness (QED) is 0.480. The zero-order chi connectivity index (χ0) is 12.1. The van der Waals surface area contributed by atoms with Gasteiger partial charge in [-0.05, 0) is 18.2 Å². The summed E-state index contributed by atoms with van der Waals surface area (Å²) in [5, 5.41) is 4.35. The maximum absolute atomic E-state index is 5.57. The van der Waals surface area contributed by atoms with Crippen LogP contribution in [0.5, 0.6) is 0 Å². The maximum Gasteiger partial charge on any atom is 0.0815 e. The standard InChI is InChI=1S/C12H16N4S/c1-16-8-7-11(15-16)12(14-13)9-17-10-5-3-2-4-6-10/h2-8,12,14H,9,13H2,1H3. The van der Waals surface area contributed by atoms with Crippen LogP contribution < -0.4 is 11.3 Å². The van der Waals surface area contributed by atoms with E-state index in [9.17, 15) is 0 Å². The minimum Gasteiger partial charge on any atom is -0.275 e. The number of hydrazine groups is 1. The van der Waals surface area contributed by atoms with Crippen LogP contribution in [0.15, 0.2) is 47.5 Å². The molecule has 1 unspecified atom stereocenters. The predicted octanol–water partition coefficient (Wildman–Crippen LogP) is 1.72. The molecule has 17 heavy (non-hydrogen) atoms. The van der Waals surface area contributed by atoms with Crippen LogP contribution in [0.2, 0.25) is 0 Å². The molecular weight excluding hydrogens is 232 g/mol. The topological polar surface area (TPSA) is 55.9 Å². The Bertz CT molecular complexity index is 455. The Hall–Kier alpha value is -1.30. The number of nitrogens with zero attached hydrogens (tertiary/aromatic N) is 2. The van der Waals surface area contributed by atoms with E-state index >= 15 is 0 Å². The molecule has 90 valence electrons. The molecule has 1 aromatic heterocycles. The van der Waals surface area contributed by atoms with Gasteiger partial charge in [-0.1, -0.05) is 18.2 Å². The smallest absolute Gasteiger partial charge is 0.0815 e. The average Bonchev–Trinajstić information content (AvgIpc) is 2.78. The van der Waals surface area contributed by atoms with Crippen LogP contribution in [0.3, 0.4) is 0 Å². The molecule has 4 nitrogen and oxygen atoms in total. The fourth-order valence-corrected chi connectivity index (χ4v) is 2.51. The van der Waals surface area contributed by atoms with Gasteiger partial charge in [0.25, 0.3) is 0 Å². The number of nitrogens with two attached hydrogens (primary N) is 1. The summed E-state index contributed by atoms with van der Waals surface area (Å²) in [7, 11) is 1.90. The van der Waals surface area contributed by atoms with Gasteiger partial charge in [0.15, 0.2) is 0 Å². The van der Waals surface area contributed by atoms with Crippen molar-refractivity contribution in [2.45, 2.75) is 10.9 Å². The minimum atomic E-state index is 0.0707. The number of hydrogen-bond acceptors (Lipinski definition) is 4. The van der Waals surface area contributed by atoms with Crippen molar-refractivity contribution in [2.24, 2.45) is 12.9 Å². The number of aromatic nitrogens is 2. The van der Waals surface area contributed by atoms with E-state index in [1.165, 1.54) is 4.90 Å². The average molecular weight is 248 g/mol. The van der Waals surface area contributed by atoms with Crippen LogP contribution in [0, 0.1) is 0 Å². The van der Waals surface area contributed by atoms with Crippen molar-refractivity contribution in [2.75, 3.05) is 5.75 Å². The monoisotopic (exact) mass is 248 g/mol. The lowest BCUT2D eigenvalue weighted by Gasteiger charge is -2.12. The van der Waals surface area contributed by atoms with E-state index in [4.69, 9.17) is 5.84 Å². The first-order chi connectivity index (χ1) is 8.29. The van der Waals surface area contributed by atoms with Gasteiger partial charge in [-0.2, -0.15) is 5.10 Å². The first-order valence-corrected chi connectivity index (χ1v) is 6.41. The third-order valence-electron chi connectivity index (χ3n) is 2.45. The van der Waals surface area contributed by atoms with Gasteiger partial charge < -0.3 is 0 Å². The van der Waals surface area contributed by atoms with E-state index in [0.29, 0.717) is 0 Å². The van der Waals surface area contributed by atoms with Gasteiger partial charge in [-0.15, -0.1) is 11.8 Å². The van der Waals surface area contributed by atoms with Crippen molar-refractivity contribution in [3.8, 4) is 0 Å². The Morgan fingerprint density at radius 2 is 2.12 bits per heavy atom. The third kappa shape index (κ3) is 3.33. The Labute approximate surface area is 105 Å². The van der Waals surface area contributed by atoms with Crippen molar-refractivity contribution in [1.82, 2.24) is 15.2 Å². The van der Waals surface area contributed by atoms with Gasteiger partial charge in [0.05, 0.1) is 11.7 Å². The van der Waals surface area contributed by atoms with Gasteiger partial charge in [0, 0.05) is 23.9 Å². The molecule has 1 atom stereocenters. The molecule has 2 aromatic rings. The number of benzene rings is 1. The molecule has 0 spiro atoms. The second-order valence-corrected chi connectivity index (χ2v) is 4.85. The van der Waals surface area contributed by atoms with Crippen LogP contribution in [0.4, 0.5) is 0 Å². The molecule has 0 bridgehead atoms. The van der Waals surface area contributed by atoms with Crippen LogP contribution in [0.1, 0.15) is 11.7 Å². The Kier molecular flexibility index (Phi) is 4.19. The highest BCUT2D eigenvalue weighted by Crippen LogP contribution is 2.23. The Morgan fingerprint density at radius 1 is 1.35 bits per heavy atom. The van der Waals surface area contributed by atoms with Crippen LogP contribution in [-0.4, -0.2) is 15.5 Å². The second kappa shape index (κ2) is 5.86. The summed E-state index contributed by atoms with van der Waals surface area (Å²) in [6.45, 7) is 0. The van der Waals surface area contributed by atoms with Gasteiger partial charge in [-0.25, -0.2) is 0 Å². The first-order valence-electron chi connectivity index (χ1n) is 5.43. The molecule has 1 heterocycles. The van der Waals surface area contributed by atoms with E-state index in [-0.39, 0.29) is 6.04 Å². The molecule has 3 N–H and O–H groups in total. The van der Waals surface area contributed by atoms with E-state index in [1.54, 1.807) is 16.4 Å². The fourth-order valence-electron chi connectivity index (χ4n) is 1.53. The van der Waals surface area contributed by atoms with Crippen molar-refractivity contribution in [1.29, 1.82) is 0 Å². The summed E-state index contributed by atoms with van der Waals surface area (Å²) in [5.41, 5.74) is 3.78. The minimum absolute atomic E-state index is 0.0707. The van der Waals surface area contributed by atoms with Crippen molar-refractivity contribution in [3.63, 3.8) is 0 Å². The number of rotatable bonds is 5. The summed E-state index contributed by atoms with van der Waals surface area (Å²) in [6, 6.07) is 12.3. The summed E-state index contributed by atoms with van der Waals surface area (Å²) in [4.78, 5) is 1.24. The highest BCUT2D eigenvalue weighted by atomic mass is 32.2. The summed E-state index contributed by atoms with van der Waals surface area (Å²) >= 11 is 1.77. The fraction of sp³-hybridized carbons (Fsp3) is 0.250. The predicted molar refractivity (Wildman–Crippen MR) is 70.4 cm³/mol. The van der Waals surface area contributed by atoms with E-state index in [1.807, 2.05) is 37.5 Å². The number of nitrogens with one attached hydrogen (secondary N) is 1. The zero-order valence-electron chi connectivity index (χ0n) is 9.71. The van der Waals surface area contributed by atoms with Gasteiger partial charge in [0.2, 0.25) is 0 Å².